The summed E-state index contributed by atoms with van der Waals surface area (Å²) in [6, 6.07) is 22.7. The Balaban J connectivity index is 0.000000151. The highest BCUT2D eigenvalue weighted by Crippen LogP contribution is 2.34. The highest BCUT2D eigenvalue weighted by atomic mass is 15.3. The Morgan fingerprint density at radius 2 is 1.04 bits per heavy atom. The molecular formula is C22H32N4. The Morgan fingerprint density at radius 3 is 1.38 bits per heavy atom. The van der Waals surface area contributed by atoms with E-state index in [-0.39, 0.29) is 0 Å². The van der Waals surface area contributed by atoms with E-state index in [0.29, 0.717) is 12.1 Å². The van der Waals surface area contributed by atoms with Gasteiger partial charge in [-0.25, -0.2) is 0 Å². The van der Waals surface area contributed by atoms with Gasteiger partial charge in [-0.05, 0) is 37.1 Å². The lowest BCUT2D eigenvalue weighted by atomic mass is 10.2. The van der Waals surface area contributed by atoms with E-state index in [2.05, 4.69) is 70.5 Å². The van der Waals surface area contributed by atoms with Crippen LogP contribution in [0, 0.1) is 0 Å². The summed E-state index contributed by atoms with van der Waals surface area (Å²) in [6.07, 6.45) is 2.23. The fraction of sp³-hybridized carbons (Fsp3) is 0.455. The monoisotopic (exact) mass is 352 g/mol. The highest BCUT2D eigenvalue weighted by Gasteiger charge is 2.34. The molecule has 0 amide bonds. The zero-order valence-corrected chi connectivity index (χ0v) is 15.6. The minimum atomic E-state index is 0.674. The van der Waals surface area contributed by atoms with Gasteiger partial charge in [-0.1, -0.05) is 60.7 Å². The van der Waals surface area contributed by atoms with Gasteiger partial charge in [-0.2, -0.15) is 0 Å². The Morgan fingerprint density at radius 1 is 0.654 bits per heavy atom. The zero-order chi connectivity index (χ0) is 18.2. The molecule has 4 nitrogen and oxygen atoms in total. The van der Waals surface area contributed by atoms with Crippen molar-refractivity contribution >= 4 is 0 Å². The van der Waals surface area contributed by atoms with Crippen LogP contribution in [-0.4, -0.2) is 49.1 Å². The molecule has 4 rings (SSSR count). The van der Waals surface area contributed by atoms with Gasteiger partial charge in [-0.15, -0.1) is 0 Å². The fourth-order valence-corrected chi connectivity index (χ4v) is 3.42. The summed E-state index contributed by atoms with van der Waals surface area (Å²) in [5, 5.41) is 0. The lowest BCUT2D eigenvalue weighted by molar-refractivity contribution is 0.499. The van der Waals surface area contributed by atoms with Crippen LogP contribution in [0.3, 0.4) is 0 Å². The molecule has 4 atom stereocenters. The predicted molar refractivity (Wildman–Crippen MR) is 109 cm³/mol. The lowest BCUT2D eigenvalue weighted by Crippen LogP contribution is -2.08. The number of nitrogens with two attached hydrogens (primary N) is 2. The third-order valence-corrected chi connectivity index (χ3v) is 5.10. The maximum atomic E-state index is 5.46. The van der Waals surface area contributed by atoms with Gasteiger partial charge >= 0.3 is 0 Å². The van der Waals surface area contributed by atoms with Crippen LogP contribution in [0.2, 0.25) is 0 Å². The van der Waals surface area contributed by atoms with Crippen molar-refractivity contribution in [3.63, 3.8) is 0 Å². The van der Waals surface area contributed by atoms with E-state index < -0.39 is 0 Å². The molecule has 4 N–H and O–H groups in total. The molecule has 26 heavy (non-hydrogen) atoms. The van der Waals surface area contributed by atoms with Crippen LogP contribution in [0.1, 0.15) is 36.1 Å². The standard InChI is InChI=1S/2C11H16N2/c2*12-7-4-8-13-9-11(13)10-5-2-1-3-6-10/h2*1-3,5-6,11H,4,7-9,12H2. The largest absolute Gasteiger partial charge is 0.330 e. The van der Waals surface area contributed by atoms with Crippen LogP contribution in [0.5, 0.6) is 0 Å². The summed E-state index contributed by atoms with van der Waals surface area (Å²) >= 11 is 0. The molecule has 140 valence electrons. The van der Waals surface area contributed by atoms with Gasteiger partial charge in [-0.3, -0.25) is 9.80 Å². The van der Waals surface area contributed by atoms with E-state index in [1.807, 2.05) is 0 Å². The van der Waals surface area contributed by atoms with E-state index in [4.69, 9.17) is 11.5 Å². The Labute approximate surface area is 157 Å². The molecule has 0 saturated carbocycles. The summed E-state index contributed by atoms with van der Waals surface area (Å²) < 4.78 is 0. The molecule has 0 bridgehead atoms. The smallest absolute Gasteiger partial charge is 0.0476 e. The van der Waals surface area contributed by atoms with Crippen LogP contribution >= 0.6 is 0 Å². The quantitative estimate of drug-likeness (QED) is 0.717. The molecule has 2 aromatic rings. The zero-order valence-electron chi connectivity index (χ0n) is 15.6. The molecule has 2 aromatic carbocycles. The number of nitrogens with zero attached hydrogens (tertiary/aromatic N) is 2. The molecule has 0 spiro atoms. The first kappa shape index (κ1) is 19.1. The average Bonchev–Trinajstić information content (AvgIpc) is 3.62. The van der Waals surface area contributed by atoms with Crippen molar-refractivity contribution in [2.75, 3.05) is 39.3 Å². The minimum Gasteiger partial charge on any atom is -0.330 e. The predicted octanol–water partition coefficient (Wildman–Crippen LogP) is 2.78. The van der Waals surface area contributed by atoms with Gasteiger partial charge < -0.3 is 11.5 Å². The first-order chi connectivity index (χ1) is 12.8. The molecule has 2 saturated heterocycles. The van der Waals surface area contributed by atoms with E-state index in [0.717, 1.165) is 39.0 Å². The van der Waals surface area contributed by atoms with Gasteiger partial charge in [0, 0.05) is 38.3 Å². The molecule has 4 heteroatoms. The lowest BCUT2D eigenvalue weighted by Gasteiger charge is -2.01. The van der Waals surface area contributed by atoms with Gasteiger partial charge in [0.15, 0.2) is 0 Å². The van der Waals surface area contributed by atoms with Crippen LogP contribution in [0.15, 0.2) is 60.7 Å². The maximum Gasteiger partial charge on any atom is 0.0476 e. The van der Waals surface area contributed by atoms with Crippen molar-refractivity contribution in [3.8, 4) is 0 Å². The Bertz CT molecular complexity index is 574. The molecule has 4 unspecified atom stereocenters. The molecule has 2 heterocycles. The van der Waals surface area contributed by atoms with E-state index in [9.17, 15) is 0 Å². The second kappa shape index (κ2) is 9.83. The summed E-state index contributed by atoms with van der Waals surface area (Å²) in [5.74, 6) is 0. The molecule has 0 radical (unpaired) electrons. The average molecular weight is 353 g/mol. The minimum absolute atomic E-state index is 0.674. The first-order valence-electron chi connectivity index (χ1n) is 9.81. The maximum absolute atomic E-state index is 5.46. The van der Waals surface area contributed by atoms with Crippen molar-refractivity contribution < 1.29 is 0 Å². The van der Waals surface area contributed by atoms with E-state index in [1.54, 1.807) is 0 Å². The van der Waals surface area contributed by atoms with Crippen molar-refractivity contribution in [1.82, 2.24) is 9.80 Å². The van der Waals surface area contributed by atoms with Crippen LogP contribution < -0.4 is 11.5 Å². The first-order valence-corrected chi connectivity index (χ1v) is 9.81. The van der Waals surface area contributed by atoms with Crippen LogP contribution in [0.4, 0.5) is 0 Å². The summed E-state index contributed by atoms with van der Waals surface area (Å²) in [7, 11) is 0. The van der Waals surface area contributed by atoms with Crippen molar-refractivity contribution in [1.29, 1.82) is 0 Å². The molecule has 0 aromatic heterocycles. The number of rotatable bonds is 8. The second-order valence-corrected chi connectivity index (χ2v) is 7.13. The summed E-state index contributed by atoms with van der Waals surface area (Å²) in [4.78, 5) is 4.92. The van der Waals surface area contributed by atoms with E-state index in [1.165, 1.54) is 24.2 Å². The summed E-state index contributed by atoms with van der Waals surface area (Å²) in [6.45, 7) is 6.33. The van der Waals surface area contributed by atoms with Crippen molar-refractivity contribution in [3.05, 3.63) is 71.8 Å². The third-order valence-electron chi connectivity index (χ3n) is 5.10. The van der Waals surface area contributed by atoms with Gasteiger partial charge in [0.2, 0.25) is 0 Å². The SMILES string of the molecule is NCCCN1CC1c1ccccc1.NCCCN1CC1c1ccccc1. The molecule has 2 aliphatic heterocycles. The van der Waals surface area contributed by atoms with Crippen molar-refractivity contribution in [2.45, 2.75) is 24.9 Å². The molecule has 2 fully saturated rings. The number of hydrogen-bond donors (Lipinski definition) is 2. The third kappa shape index (κ3) is 5.64. The van der Waals surface area contributed by atoms with Crippen molar-refractivity contribution in [2.24, 2.45) is 11.5 Å². The highest BCUT2D eigenvalue weighted by molar-refractivity contribution is 5.24. The van der Waals surface area contributed by atoms with Crippen LogP contribution in [-0.2, 0) is 0 Å². The Kier molecular flexibility index (Phi) is 7.21. The van der Waals surface area contributed by atoms with Gasteiger partial charge in [0.1, 0.15) is 0 Å². The second-order valence-electron chi connectivity index (χ2n) is 7.13. The molecule has 2 aliphatic rings. The topological polar surface area (TPSA) is 58.1 Å². The Hall–Kier alpha value is -1.72. The summed E-state index contributed by atoms with van der Waals surface area (Å²) in [5.41, 5.74) is 13.8. The number of hydrogen-bond acceptors (Lipinski definition) is 4. The van der Waals surface area contributed by atoms with Gasteiger partial charge in [0.05, 0.1) is 0 Å². The van der Waals surface area contributed by atoms with E-state index >= 15 is 0 Å². The van der Waals surface area contributed by atoms with Gasteiger partial charge in [0.25, 0.3) is 0 Å². The van der Waals surface area contributed by atoms with Crippen LogP contribution in [0.25, 0.3) is 0 Å². The molecular weight excluding hydrogens is 320 g/mol. The fourth-order valence-electron chi connectivity index (χ4n) is 3.42. The number of benzene rings is 2. The molecule has 0 aliphatic carbocycles. The normalized spacial score (nSPS) is 25.9.